The average molecular weight is 412 g/mol. The van der Waals surface area contributed by atoms with E-state index >= 15 is 0 Å². The van der Waals surface area contributed by atoms with Gasteiger partial charge in [0.2, 0.25) is 10.0 Å². The number of ether oxygens (including phenoxy) is 1. The molecule has 29 heavy (non-hydrogen) atoms. The summed E-state index contributed by atoms with van der Waals surface area (Å²) >= 11 is 0. The van der Waals surface area contributed by atoms with Crippen LogP contribution >= 0.6 is 0 Å². The van der Waals surface area contributed by atoms with Gasteiger partial charge in [0, 0.05) is 24.5 Å². The molecule has 6 nitrogen and oxygen atoms in total. The van der Waals surface area contributed by atoms with Gasteiger partial charge in [-0.3, -0.25) is 0 Å². The molecule has 0 radical (unpaired) electrons. The molecule has 152 valence electrons. The minimum atomic E-state index is -3.58. The van der Waals surface area contributed by atoms with Crippen molar-refractivity contribution >= 4 is 10.0 Å². The second-order valence-electron chi connectivity index (χ2n) is 7.10. The summed E-state index contributed by atoms with van der Waals surface area (Å²) in [7, 11) is -3.58. The van der Waals surface area contributed by atoms with E-state index < -0.39 is 10.0 Å². The summed E-state index contributed by atoms with van der Waals surface area (Å²) in [6, 6.07) is 16.2. The molecule has 0 atom stereocenters. The van der Waals surface area contributed by atoms with Crippen molar-refractivity contribution in [1.82, 2.24) is 14.7 Å². The normalized spacial score (nSPS) is 11.6. The van der Waals surface area contributed by atoms with Gasteiger partial charge in [0.1, 0.15) is 5.75 Å². The third-order valence-electron chi connectivity index (χ3n) is 4.16. The lowest BCUT2D eigenvalue weighted by atomic mass is 10.2. The molecule has 2 aromatic carbocycles. The molecular formula is C22H25N3O3S. The van der Waals surface area contributed by atoms with Crippen molar-refractivity contribution in [2.45, 2.75) is 25.2 Å². The zero-order chi connectivity index (χ0) is 20.7. The van der Waals surface area contributed by atoms with E-state index in [1.165, 1.54) is 0 Å². The van der Waals surface area contributed by atoms with E-state index in [-0.39, 0.29) is 11.4 Å². The number of sulfonamides is 1. The van der Waals surface area contributed by atoms with Crippen LogP contribution in [0, 0.1) is 5.92 Å². The molecule has 0 aliphatic heterocycles. The Labute approximate surface area is 172 Å². The molecule has 0 fully saturated rings. The van der Waals surface area contributed by atoms with Crippen LogP contribution in [0.2, 0.25) is 0 Å². The summed E-state index contributed by atoms with van der Waals surface area (Å²) in [6.07, 6.45) is 3.96. The summed E-state index contributed by atoms with van der Waals surface area (Å²) in [5.74, 6) is 1.72. The van der Waals surface area contributed by atoms with E-state index in [2.05, 4.69) is 28.5 Å². The van der Waals surface area contributed by atoms with Crippen molar-refractivity contribution in [1.29, 1.82) is 0 Å². The second kappa shape index (κ2) is 9.62. The van der Waals surface area contributed by atoms with Gasteiger partial charge in [-0.05, 0) is 42.2 Å². The third-order valence-corrected chi connectivity index (χ3v) is 5.64. The SMILES string of the molecule is CC(C)COc1ccc(S(=O)(=O)NCCc2cnc(-c3ccccc3)nc2)cc1. The topological polar surface area (TPSA) is 81.2 Å². The van der Waals surface area contributed by atoms with Crippen LogP contribution in [0.5, 0.6) is 5.75 Å². The molecule has 1 N–H and O–H groups in total. The van der Waals surface area contributed by atoms with Crippen LogP contribution in [-0.2, 0) is 16.4 Å². The number of benzene rings is 2. The van der Waals surface area contributed by atoms with E-state index in [1.807, 2.05) is 30.3 Å². The second-order valence-corrected chi connectivity index (χ2v) is 8.87. The van der Waals surface area contributed by atoms with Crippen LogP contribution < -0.4 is 9.46 Å². The minimum Gasteiger partial charge on any atom is -0.493 e. The predicted molar refractivity (Wildman–Crippen MR) is 113 cm³/mol. The third kappa shape index (κ3) is 6.10. The molecule has 7 heteroatoms. The van der Waals surface area contributed by atoms with Gasteiger partial charge in [-0.15, -0.1) is 0 Å². The first-order valence-corrected chi connectivity index (χ1v) is 11.0. The number of aromatic nitrogens is 2. The Morgan fingerprint density at radius 1 is 0.966 bits per heavy atom. The summed E-state index contributed by atoms with van der Waals surface area (Å²) in [5.41, 5.74) is 1.81. The monoisotopic (exact) mass is 411 g/mol. The fraction of sp³-hybridized carbons (Fsp3) is 0.273. The zero-order valence-corrected chi connectivity index (χ0v) is 17.4. The summed E-state index contributed by atoms with van der Waals surface area (Å²) in [5, 5.41) is 0. The van der Waals surface area contributed by atoms with Crippen LogP contribution in [0.15, 0.2) is 71.9 Å². The number of nitrogens with one attached hydrogen (secondary N) is 1. The summed E-state index contributed by atoms with van der Waals surface area (Å²) in [6.45, 7) is 4.98. The van der Waals surface area contributed by atoms with Gasteiger partial charge < -0.3 is 4.74 Å². The lowest BCUT2D eigenvalue weighted by Gasteiger charge is -2.10. The number of rotatable bonds is 9. The van der Waals surface area contributed by atoms with Crippen molar-refractivity contribution < 1.29 is 13.2 Å². The quantitative estimate of drug-likeness (QED) is 0.581. The van der Waals surface area contributed by atoms with Gasteiger partial charge in [-0.2, -0.15) is 0 Å². The molecule has 0 bridgehead atoms. The molecule has 3 rings (SSSR count). The van der Waals surface area contributed by atoms with E-state index in [1.54, 1.807) is 36.7 Å². The maximum atomic E-state index is 12.5. The first-order chi connectivity index (χ1) is 13.9. The van der Waals surface area contributed by atoms with Crippen LogP contribution in [0.1, 0.15) is 19.4 Å². The maximum Gasteiger partial charge on any atom is 0.240 e. The van der Waals surface area contributed by atoms with Crippen molar-refractivity contribution in [2.75, 3.05) is 13.2 Å². The Bertz CT molecular complexity index is 1000. The van der Waals surface area contributed by atoms with Gasteiger partial charge >= 0.3 is 0 Å². The standard InChI is InChI=1S/C22H25N3O3S/c1-17(2)16-28-20-8-10-21(11-9-20)29(26,27)25-13-12-18-14-23-22(24-15-18)19-6-4-3-5-7-19/h3-11,14-15,17,25H,12-13,16H2,1-2H3. The Hall–Kier alpha value is -2.77. The van der Waals surface area contributed by atoms with Crippen molar-refractivity contribution in [2.24, 2.45) is 5.92 Å². The van der Waals surface area contributed by atoms with Crippen molar-refractivity contribution in [3.05, 3.63) is 72.6 Å². The van der Waals surface area contributed by atoms with E-state index in [0.29, 0.717) is 30.5 Å². The first kappa shape index (κ1) is 21.0. The van der Waals surface area contributed by atoms with Crippen molar-refractivity contribution in [3.63, 3.8) is 0 Å². The smallest absolute Gasteiger partial charge is 0.240 e. The fourth-order valence-electron chi connectivity index (χ4n) is 2.61. The minimum absolute atomic E-state index is 0.213. The lowest BCUT2D eigenvalue weighted by Crippen LogP contribution is -2.26. The highest BCUT2D eigenvalue weighted by Crippen LogP contribution is 2.17. The highest BCUT2D eigenvalue weighted by atomic mass is 32.2. The van der Waals surface area contributed by atoms with Gasteiger partial charge in [-0.1, -0.05) is 44.2 Å². The molecule has 0 saturated heterocycles. The molecular weight excluding hydrogens is 386 g/mol. The van der Waals surface area contributed by atoms with Crippen LogP contribution in [-0.4, -0.2) is 31.5 Å². The molecule has 0 unspecified atom stereocenters. The highest BCUT2D eigenvalue weighted by molar-refractivity contribution is 7.89. The van der Waals surface area contributed by atoms with Crippen LogP contribution in [0.4, 0.5) is 0 Å². The molecule has 1 heterocycles. The maximum absolute atomic E-state index is 12.5. The molecule has 0 aliphatic carbocycles. The van der Waals surface area contributed by atoms with Gasteiger partial charge in [0.15, 0.2) is 5.82 Å². The number of hydrogen-bond acceptors (Lipinski definition) is 5. The fourth-order valence-corrected chi connectivity index (χ4v) is 3.64. The van der Waals surface area contributed by atoms with Gasteiger partial charge in [-0.25, -0.2) is 23.1 Å². The van der Waals surface area contributed by atoms with E-state index in [9.17, 15) is 8.42 Å². The average Bonchev–Trinajstić information content (AvgIpc) is 2.73. The Kier molecular flexibility index (Phi) is 6.95. The predicted octanol–water partition coefficient (Wildman–Crippen LogP) is 3.70. The number of nitrogens with zero attached hydrogens (tertiary/aromatic N) is 2. The molecule has 1 aromatic heterocycles. The molecule has 0 spiro atoms. The van der Waals surface area contributed by atoms with Crippen molar-refractivity contribution in [3.8, 4) is 17.1 Å². The van der Waals surface area contributed by atoms with Gasteiger partial charge in [0.25, 0.3) is 0 Å². The van der Waals surface area contributed by atoms with E-state index in [4.69, 9.17) is 4.74 Å². The molecule has 0 aliphatic rings. The highest BCUT2D eigenvalue weighted by Gasteiger charge is 2.13. The van der Waals surface area contributed by atoms with E-state index in [0.717, 1.165) is 11.1 Å². The summed E-state index contributed by atoms with van der Waals surface area (Å²) in [4.78, 5) is 8.93. The van der Waals surface area contributed by atoms with Gasteiger partial charge in [0.05, 0.1) is 11.5 Å². The molecule has 0 amide bonds. The first-order valence-electron chi connectivity index (χ1n) is 9.53. The Morgan fingerprint density at radius 3 is 2.24 bits per heavy atom. The van der Waals surface area contributed by atoms with Crippen LogP contribution in [0.3, 0.4) is 0 Å². The summed E-state index contributed by atoms with van der Waals surface area (Å²) < 4.78 is 33.1. The Balaban J connectivity index is 1.54. The molecule has 3 aromatic rings. The molecule has 0 saturated carbocycles. The van der Waals surface area contributed by atoms with Crippen LogP contribution in [0.25, 0.3) is 11.4 Å². The zero-order valence-electron chi connectivity index (χ0n) is 16.6. The lowest BCUT2D eigenvalue weighted by molar-refractivity contribution is 0.271. The number of hydrogen-bond donors (Lipinski definition) is 1. The Morgan fingerprint density at radius 2 is 1.62 bits per heavy atom. The largest absolute Gasteiger partial charge is 0.493 e.